The fraction of sp³-hybridized carbons (Fsp3) is 0.625. The minimum atomic E-state index is 0.0926. The number of hydrogen-bond acceptors (Lipinski definition) is 1. The van der Waals surface area contributed by atoms with Crippen LogP contribution in [0.25, 0.3) is 0 Å². The number of allylic oxidation sites excluding steroid dienone is 1. The molecule has 0 aliphatic rings. The van der Waals surface area contributed by atoms with Crippen LogP contribution in [0.3, 0.4) is 0 Å². The molecule has 0 rings (SSSR count). The highest BCUT2D eigenvalue weighted by Gasteiger charge is 2.05. The molecule has 1 nitrogen and oxygen atoms in total. The van der Waals surface area contributed by atoms with Gasteiger partial charge in [0.2, 0.25) is 0 Å². The largest absolute Gasteiger partial charge is 0.303 e. The van der Waals surface area contributed by atoms with Crippen molar-refractivity contribution in [2.45, 2.75) is 26.7 Å². The zero-order valence-electron chi connectivity index (χ0n) is 6.18. The topological polar surface area (TPSA) is 17.1 Å². The Bertz CT molecular complexity index is 105. The van der Waals surface area contributed by atoms with Crippen molar-refractivity contribution >= 4 is 6.29 Å². The van der Waals surface area contributed by atoms with Gasteiger partial charge < -0.3 is 4.79 Å². The van der Waals surface area contributed by atoms with Gasteiger partial charge in [-0.3, -0.25) is 0 Å². The highest BCUT2D eigenvalue weighted by Crippen LogP contribution is 2.12. The van der Waals surface area contributed by atoms with Gasteiger partial charge in [0.05, 0.1) is 0 Å². The summed E-state index contributed by atoms with van der Waals surface area (Å²) in [5.41, 5.74) is 1.05. The molecule has 0 aliphatic heterocycles. The van der Waals surface area contributed by atoms with Crippen molar-refractivity contribution in [3.8, 4) is 0 Å². The first kappa shape index (κ1) is 8.41. The van der Waals surface area contributed by atoms with Crippen LogP contribution in [0.15, 0.2) is 12.2 Å². The summed E-state index contributed by atoms with van der Waals surface area (Å²) in [6.45, 7) is 7.81. The second-order valence-electron chi connectivity index (χ2n) is 2.16. The van der Waals surface area contributed by atoms with Gasteiger partial charge in [-0.15, -0.1) is 0 Å². The van der Waals surface area contributed by atoms with Crippen LogP contribution >= 0.6 is 0 Å². The smallest absolute Gasteiger partial charge is 0.127 e. The summed E-state index contributed by atoms with van der Waals surface area (Å²) in [6, 6.07) is 0. The zero-order valence-corrected chi connectivity index (χ0v) is 6.18. The number of carbonyl (C=O) groups excluding carboxylic acids is 1. The third-order valence-electron chi connectivity index (χ3n) is 1.58. The maximum absolute atomic E-state index is 10.3. The molecule has 1 heteroatoms. The Labute approximate surface area is 56.8 Å². The van der Waals surface area contributed by atoms with Crippen molar-refractivity contribution in [3.63, 3.8) is 0 Å². The van der Waals surface area contributed by atoms with Crippen molar-refractivity contribution in [1.29, 1.82) is 0 Å². The molecule has 0 N–H and O–H groups in total. The molecule has 0 saturated carbocycles. The van der Waals surface area contributed by atoms with Gasteiger partial charge >= 0.3 is 0 Å². The summed E-state index contributed by atoms with van der Waals surface area (Å²) >= 11 is 0. The Balaban J connectivity index is 3.78. The molecule has 0 fully saturated rings. The van der Waals surface area contributed by atoms with Crippen molar-refractivity contribution in [2.24, 2.45) is 5.92 Å². The highest BCUT2D eigenvalue weighted by molar-refractivity contribution is 5.58. The summed E-state index contributed by atoms with van der Waals surface area (Å²) in [6.07, 6.45) is 2.78. The number of rotatable bonds is 4. The van der Waals surface area contributed by atoms with Gasteiger partial charge in [0.25, 0.3) is 0 Å². The predicted octanol–water partition coefficient (Wildman–Crippen LogP) is 2.18. The van der Waals surface area contributed by atoms with Gasteiger partial charge in [0.1, 0.15) is 6.29 Å². The maximum Gasteiger partial charge on any atom is 0.127 e. The average molecular weight is 126 g/mol. The second-order valence-corrected chi connectivity index (χ2v) is 2.16. The SMILES string of the molecule is C=C(CC)C(C=O)CC. The molecule has 52 valence electrons. The zero-order chi connectivity index (χ0) is 7.28. The third-order valence-corrected chi connectivity index (χ3v) is 1.58. The van der Waals surface area contributed by atoms with E-state index in [0.717, 1.165) is 24.7 Å². The van der Waals surface area contributed by atoms with Crippen LogP contribution < -0.4 is 0 Å². The number of hydrogen-bond donors (Lipinski definition) is 0. The van der Waals surface area contributed by atoms with E-state index < -0.39 is 0 Å². The Morgan fingerprint density at radius 2 is 2.22 bits per heavy atom. The third kappa shape index (κ3) is 2.45. The lowest BCUT2D eigenvalue weighted by Gasteiger charge is -2.06. The Hall–Kier alpha value is -0.590. The molecule has 1 unspecified atom stereocenters. The van der Waals surface area contributed by atoms with Gasteiger partial charge in [0, 0.05) is 5.92 Å². The van der Waals surface area contributed by atoms with E-state index in [9.17, 15) is 4.79 Å². The molecule has 0 saturated heterocycles. The summed E-state index contributed by atoms with van der Waals surface area (Å²) in [5, 5.41) is 0. The van der Waals surface area contributed by atoms with Gasteiger partial charge in [-0.1, -0.05) is 26.0 Å². The lowest BCUT2D eigenvalue weighted by molar-refractivity contribution is -0.110. The fourth-order valence-corrected chi connectivity index (χ4v) is 0.743. The van der Waals surface area contributed by atoms with Crippen molar-refractivity contribution in [2.75, 3.05) is 0 Å². The summed E-state index contributed by atoms with van der Waals surface area (Å²) in [7, 11) is 0. The molecule has 0 radical (unpaired) electrons. The Morgan fingerprint density at radius 3 is 2.33 bits per heavy atom. The molecule has 0 aromatic rings. The van der Waals surface area contributed by atoms with E-state index >= 15 is 0 Å². The molecule has 0 amide bonds. The van der Waals surface area contributed by atoms with Crippen LogP contribution in [0.2, 0.25) is 0 Å². The quantitative estimate of drug-likeness (QED) is 0.417. The van der Waals surface area contributed by atoms with E-state index in [1.54, 1.807) is 0 Å². The number of aldehydes is 1. The molecule has 0 aromatic heterocycles. The first-order valence-corrected chi connectivity index (χ1v) is 3.39. The van der Waals surface area contributed by atoms with Crippen molar-refractivity contribution < 1.29 is 4.79 Å². The van der Waals surface area contributed by atoms with E-state index in [-0.39, 0.29) is 5.92 Å². The second kappa shape index (κ2) is 4.30. The monoisotopic (exact) mass is 126 g/mol. The first-order chi connectivity index (χ1) is 4.26. The van der Waals surface area contributed by atoms with Gasteiger partial charge in [-0.05, 0) is 12.8 Å². The fourth-order valence-electron chi connectivity index (χ4n) is 0.743. The van der Waals surface area contributed by atoms with E-state index in [2.05, 4.69) is 6.58 Å². The van der Waals surface area contributed by atoms with E-state index in [1.807, 2.05) is 13.8 Å². The van der Waals surface area contributed by atoms with Crippen LogP contribution in [0.1, 0.15) is 26.7 Å². The molecular formula is C8H14O. The molecule has 0 aliphatic carbocycles. The van der Waals surface area contributed by atoms with Crippen LogP contribution in [0.4, 0.5) is 0 Å². The standard InChI is InChI=1S/C8H14O/c1-4-7(3)8(5-2)6-9/h6,8H,3-5H2,1-2H3. The number of carbonyl (C=O) groups is 1. The van der Waals surface area contributed by atoms with Crippen LogP contribution in [0.5, 0.6) is 0 Å². The molecule has 0 bridgehead atoms. The normalized spacial score (nSPS) is 12.7. The van der Waals surface area contributed by atoms with E-state index in [4.69, 9.17) is 0 Å². The summed E-state index contributed by atoms with van der Waals surface area (Å²) in [4.78, 5) is 10.3. The van der Waals surface area contributed by atoms with Crippen LogP contribution in [-0.4, -0.2) is 6.29 Å². The molecule has 0 heterocycles. The maximum atomic E-state index is 10.3. The lowest BCUT2D eigenvalue weighted by atomic mass is 9.98. The van der Waals surface area contributed by atoms with Crippen LogP contribution in [0, 0.1) is 5.92 Å². The Morgan fingerprint density at radius 1 is 1.67 bits per heavy atom. The van der Waals surface area contributed by atoms with Crippen molar-refractivity contribution in [1.82, 2.24) is 0 Å². The first-order valence-electron chi connectivity index (χ1n) is 3.39. The van der Waals surface area contributed by atoms with E-state index in [0.29, 0.717) is 0 Å². The molecule has 1 atom stereocenters. The highest BCUT2D eigenvalue weighted by atomic mass is 16.1. The minimum Gasteiger partial charge on any atom is -0.303 e. The van der Waals surface area contributed by atoms with Crippen LogP contribution in [-0.2, 0) is 4.79 Å². The predicted molar refractivity (Wildman–Crippen MR) is 39.3 cm³/mol. The minimum absolute atomic E-state index is 0.0926. The van der Waals surface area contributed by atoms with Gasteiger partial charge in [-0.25, -0.2) is 0 Å². The van der Waals surface area contributed by atoms with E-state index in [1.165, 1.54) is 0 Å². The molecule has 0 aromatic carbocycles. The van der Waals surface area contributed by atoms with Crippen molar-refractivity contribution in [3.05, 3.63) is 12.2 Å². The average Bonchev–Trinajstić information content (AvgIpc) is 1.90. The molecular weight excluding hydrogens is 112 g/mol. The molecule has 0 spiro atoms. The Kier molecular flexibility index (Phi) is 4.02. The van der Waals surface area contributed by atoms with Gasteiger partial charge in [-0.2, -0.15) is 0 Å². The summed E-state index contributed by atoms with van der Waals surface area (Å²) < 4.78 is 0. The molecule has 9 heavy (non-hydrogen) atoms. The summed E-state index contributed by atoms with van der Waals surface area (Å²) in [5.74, 6) is 0.0926. The van der Waals surface area contributed by atoms with Gasteiger partial charge in [0.15, 0.2) is 0 Å². The lowest BCUT2D eigenvalue weighted by Crippen LogP contribution is -2.01.